The molecule has 0 radical (unpaired) electrons. The number of ether oxygens (including phenoxy) is 2. The minimum atomic E-state index is -0.422. The van der Waals surface area contributed by atoms with E-state index in [1.165, 1.54) is 0 Å². The SMILES string of the molecule is COc1ccc(CN(C)C(=O)CCC2(Cc3ccco3)CCC(=O)N2)cc1OC. The van der Waals surface area contributed by atoms with Crippen LogP contribution in [0, 0.1) is 0 Å². The molecule has 2 heterocycles. The third-order valence-electron chi connectivity index (χ3n) is 5.44. The molecule has 7 nitrogen and oxygen atoms in total. The van der Waals surface area contributed by atoms with Crippen LogP contribution in [0.4, 0.5) is 0 Å². The van der Waals surface area contributed by atoms with Gasteiger partial charge in [0.15, 0.2) is 11.5 Å². The summed E-state index contributed by atoms with van der Waals surface area (Å²) in [5.41, 5.74) is 0.535. The van der Waals surface area contributed by atoms with Gasteiger partial charge in [-0.1, -0.05) is 6.07 Å². The Morgan fingerprint density at radius 1 is 1.24 bits per heavy atom. The summed E-state index contributed by atoms with van der Waals surface area (Å²) < 4.78 is 16.0. The number of furan rings is 1. The summed E-state index contributed by atoms with van der Waals surface area (Å²) in [5, 5.41) is 3.08. The molecule has 1 aromatic heterocycles. The quantitative estimate of drug-likeness (QED) is 0.700. The molecule has 7 heteroatoms. The zero-order valence-corrected chi connectivity index (χ0v) is 17.2. The molecule has 3 rings (SSSR count). The van der Waals surface area contributed by atoms with Crippen molar-refractivity contribution in [1.29, 1.82) is 0 Å². The lowest BCUT2D eigenvalue weighted by Gasteiger charge is -2.29. The Morgan fingerprint density at radius 3 is 2.66 bits per heavy atom. The Morgan fingerprint density at radius 2 is 2.03 bits per heavy atom. The van der Waals surface area contributed by atoms with E-state index in [2.05, 4.69) is 5.32 Å². The van der Waals surface area contributed by atoms with Crippen molar-refractivity contribution < 1.29 is 23.5 Å². The molecule has 2 aromatic rings. The van der Waals surface area contributed by atoms with Crippen molar-refractivity contribution in [2.75, 3.05) is 21.3 Å². The van der Waals surface area contributed by atoms with Crippen molar-refractivity contribution >= 4 is 11.8 Å². The second-order valence-corrected chi connectivity index (χ2v) is 7.52. The van der Waals surface area contributed by atoms with Gasteiger partial charge in [-0.2, -0.15) is 0 Å². The lowest BCUT2D eigenvalue weighted by molar-refractivity contribution is -0.131. The van der Waals surface area contributed by atoms with Crippen molar-refractivity contribution in [2.45, 2.75) is 44.2 Å². The second-order valence-electron chi connectivity index (χ2n) is 7.52. The van der Waals surface area contributed by atoms with Crippen LogP contribution in [-0.2, 0) is 22.6 Å². The normalized spacial score (nSPS) is 18.4. The first-order valence-corrected chi connectivity index (χ1v) is 9.73. The molecule has 2 amide bonds. The highest BCUT2D eigenvalue weighted by Crippen LogP contribution is 2.31. The van der Waals surface area contributed by atoms with E-state index in [1.807, 2.05) is 30.3 Å². The topological polar surface area (TPSA) is 81.0 Å². The van der Waals surface area contributed by atoms with E-state index in [9.17, 15) is 9.59 Å². The van der Waals surface area contributed by atoms with Gasteiger partial charge in [0.1, 0.15) is 5.76 Å². The summed E-state index contributed by atoms with van der Waals surface area (Å²) in [5.74, 6) is 2.17. The van der Waals surface area contributed by atoms with Crippen LogP contribution in [0.3, 0.4) is 0 Å². The van der Waals surface area contributed by atoms with Crippen LogP contribution in [0.5, 0.6) is 11.5 Å². The number of rotatable bonds is 9. The summed E-state index contributed by atoms with van der Waals surface area (Å²) in [6.45, 7) is 0.469. The minimum absolute atomic E-state index is 0.0275. The predicted molar refractivity (Wildman–Crippen MR) is 108 cm³/mol. The van der Waals surface area contributed by atoms with Crippen LogP contribution in [0.15, 0.2) is 41.0 Å². The molecule has 156 valence electrons. The van der Waals surface area contributed by atoms with Crippen LogP contribution in [0.1, 0.15) is 37.0 Å². The van der Waals surface area contributed by atoms with Gasteiger partial charge in [0, 0.05) is 38.4 Å². The number of hydrogen-bond acceptors (Lipinski definition) is 5. The molecule has 0 saturated carbocycles. The van der Waals surface area contributed by atoms with E-state index in [4.69, 9.17) is 13.9 Å². The lowest BCUT2D eigenvalue weighted by atomic mass is 9.87. The fraction of sp³-hybridized carbons (Fsp3) is 0.455. The fourth-order valence-corrected chi connectivity index (χ4v) is 3.81. The number of amides is 2. The van der Waals surface area contributed by atoms with Crippen molar-refractivity contribution in [2.24, 2.45) is 0 Å². The van der Waals surface area contributed by atoms with E-state index in [0.717, 1.165) is 11.3 Å². The van der Waals surface area contributed by atoms with Crippen LogP contribution in [0.25, 0.3) is 0 Å². The number of carbonyl (C=O) groups excluding carboxylic acids is 2. The summed E-state index contributed by atoms with van der Waals surface area (Å²) in [6.07, 6.45) is 4.34. The molecule has 0 spiro atoms. The zero-order chi connectivity index (χ0) is 20.9. The first kappa shape index (κ1) is 20.8. The molecule has 1 unspecified atom stereocenters. The van der Waals surface area contributed by atoms with Gasteiger partial charge in [-0.25, -0.2) is 0 Å². The van der Waals surface area contributed by atoms with E-state index in [-0.39, 0.29) is 11.8 Å². The molecule has 1 saturated heterocycles. The van der Waals surface area contributed by atoms with E-state index >= 15 is 0 Å². The van der Waals surface area contributed by atoms with E-state index in [0.29, 0.717) is 50.1 Å². The molecule has 1 aliphatic heterocycles. The zero-order valence-electron chi connectivity index (χ0n) is 17.2. The Kier molecular flexibility index (Phi) is 6.46. The van der Waals surface area contributed by atoms with Gasteiger partial charge in [-0.15, -0.1) is 0 Å². The molecule has 29 heavy (non-hydrogen) atoms. The maximum atomic E-state index is 12.7. The molecule has 0 bridgehead atoms. The molecule has 1 aliphatic rings. The highest BCUT2D eigenvalue weighted by Gasteiger charge is 2.38. The van der Waals surface area contributed by atoms with Gasteiger partial charge in [0.25, 0.3) is 0 Å². The summed E-state index contributed by atoms with van der Waals surface area (Å²) in [4.78, 5) is 26.3. The number of benzene rings is 1. The Balaban J connectivity index is 1.60. The number of nitrogens with one attached hydrogen (secondary N) is 1. The third kappa shape index (κ3) is 5.10. The maximum absolute atomic E-state index is 12.7. The van der Waals surface area contributed by atoms with Gasteiger partial charge in [0.2, 0.25) is 11.8 Å². The highest BCUT2D eigenvalue weighted by molar-refractivity contribution is 5.80. The molecule has 1 aromatic carbocycles. The molecule has 1 fully saturated rings. The average Bonchev–Trinajstić information content (AvgIpc) is 3.36. The second kappa shape index (κ2) is 9.03. The molecular formula is C22H28N2O5. The van der Waals surface area contributed by atoms with Crippen LogP contribution in [0.2, 0.25) is 0 Å². The summed E-state index contributed by atoms with van der Waals surface area (Å²) in [7, 11) is 4.96. The van der Waals surface area contributed by atoms with Crippen molar-refractivity contribution in [3.63, 3.8) is 0 Å². The minimum Gasteiger partial charge on any atom is -0.493 e. The van der Waals surface area contributed by atoms with E-state index < -0.39 is 5.54 Å². The van der Waals surface area contributed by atoms with Crippen molar-refractivity contribution in [3.05, 3.63) is 47.9 Å². The molecule has 0 aliphatic carbocycles. The van der Waals surface area contributed by atoms with Crippen LogP contribution >= 0.6 is 0 Å². The van der Waals surface area contributed by atoms with Gasteiger partial charge >= 0.3 is 0 Å². The first-order chi connectivity index (χ1) is 13.9. The highest BCUT2D eigenvalue weighted by atomic mass is 16.5. The van der Waals surface area contributed by atoms with Gasteiger partial charge in [-0.3, -0.25) is 9.59 Å². The fourth-order valence-electron chi connectivity index (χ4n) is 3.81. The van der Waals surface area contributed by atoms with E-state index in [1.54, 1.807) is 32.4 Å². The maximum Gasteiger partial charge on any atom is 0.222 e. The van der Waals surface area contributed by atoms with Crippen molar-refractivity contribution in [3.8, 4) is 11.5 Å². The van der Waals surface area contributed by atoms with Gasteiger partial charge in [0.05, 0.1) is 20.5 Å². The largest absolute Gasteiger partial charge is 0.493 e. The Hall–Kier alpha value is -2.96. The average molecular weight is 400 g/mol. The van der Waals surface area contributed by atoms with Gasteiger partial charge < -0.3 is 24.1 Å². The number of hydrogen-bond donors (Lipinski definition) is 1. The Labute approximate surface area is 171 Å². The van der Waals surface area contributed by atoms with Gasteiger partial charge in [-0.05, 0) is 42.7 Å². The molecular weight excluding hydrogens is 372 g/mol. The van der Waals surface area contributed by atoms with Crippen LogP contribution < -0.4 is 14.8 Å². The standard InChI is InChI=1S/C22H28N2O5/c1-24(15-16-6-7-18(27-2)19(13-16)28-3)21(26)9-11-22(10-8-20(25)23-22)14-17-5-4-12-29-17/h4-7,12-13H,8-11,14-15H2,1-3H3,(H,23,25). The predicted octanol–water partition coefficient (Wildman–Crippen LogP) is 2.93. The number of carbonyl (C=O) groups is 2. The van der Waals surface area contributed by atoms with Crippen molar-refractivity contribution in [1.82, 2.24) is 10.2 Å². The third-order valence-corrected chi connectivity index (χ3v) is 5.44. The van der Waals surface area contributed by atoms with Crippen LogP contribution in [-0.4, -0.2) is 43.5 Å². The molecule has 1 N–H and O–H groups in total. The monoisotopic (exact) mass is 400 g/mol. The first-order valence-electron chi connectivity index (χ1n) is 9.73. The summed E-state index contributed by atoms with van der Waals surface area (Å²) >= 11 is 0. The number of nitrogens with zero attached hydrogens (tertiary/aromatic N) is 1. The molecule has 1 atom stereocenters. The Bertz CT molecular complexity index is 849. The summed E-state index contributed by atoms with van der Waals surface area (Å²) in [6, 6.07) is 9.36. The number of methoxy groups -OCH3 is 2. The lowest BCUT2D eigenvalue weighted by Crippen LogP contribution is -2.44. The smallest absolute Gasteiger partial charge is 0.222 e.